The van der Waals surface area contributed by atoms with E-state index in [2.05, 4.69) is 20.0 Å². The minimum Gasteiger partial charge on any atom is -0.465 e. The molecule has 1 amide bonds. The van der Waals surface area contributed by atoms with Crippen LogP contribution >= 0.6 is 23.5 Å². The van der Waals surface area contributed by atoms with Crippen molar-refractivity contribution < 1.29 is 14.3 Å². The zero-order valence-electron chi connectivity index (χ0n) is 14.4. The van der Waals surface area contributed by atoms with Crippen molar-refractivity contribution in [3.05, 3.63) is 51.9 Å². The van der Waals surface area contributed by atoms with Gasteiger partial charge in [0, 0.05) is 17.5 Å². The van der Waals surface area contributed by atoms with Crippen LogP contribution in [0.1, 0.15) is 23.0 Å². The van der Waals surface area contributed by atoms with E-state index in [0.717, 1.165) is 17.5 Å². The molecule has 26 heavy (non-hydrogen) atoms. The summed E-state index contributed by atoms with van der Waals surface area (Å²) in [6.07, 6.45) is 0. The molecule has 2 aromatic rings. The van der Waals surface area contributed by atoms with Crippen LogP contribution in [0.5, 0.6) is 0 Å². The molecule has 138 valence electrons. The van der Waals surface area contributed by atoms with Crippen LogP contribution in [0.15, 0.2) is 40.3 Å². The Balaban J connectivity index is 1.91. The number of anilines is 1. The molecule has 2 N–H and O–H groups in total. The molecule has 9 heteroatoms. The number of carbonyl (C=O) groups is 2. The number of ether oxygens (including phenoxy) is 1. The first-order valence-corrected chi connectivity index (χ1v) is 9.95. The Bertz CT molecular complexity index is 822. The number of hydrogen-bond acceptors (Lipinski definition) is 7. The Labute approximate surface area is 159 Å². The minimum atomic E-state index is -0.436. The predicted octanol–water partition coefficient (Wildman–Crippen LogP) is 2.54. The first-order valence-electron chi connectivity index (χ1n) is 7.81. The summed E-state index contributed by atoms with van der Waals surface area (Å²) in [5, 5.41) is 3.14. The fourth-order valence-corrected chi connectivity index (χ4v) is 3.23. The van der Waals surface area contributed by atoms with Gasteiger partial charge >= 0.3 is 5.97 Å². The number of nitrogens with one attached hydrogen (secondary N) is 2. The van der Waals surface area contributed by atoms with E-state index in [1.54, 1.807) is 36.0 Å². The van der Waals surface area contributed by atoms with Gasteiger partial charge in [-0.1, -0.05) is 18.7 Å². The highest BCUT2D eigenvalue weighted by Crippen LogP contribution is 2.15. The summed E-state index contributed by atoms with van der Waals surface area (Å²) in [4.78, 5) is 42.1. The second-order valence-electron chi connectivity index (χ2n) is 5.08. The maximum Gasteiger partial charge on any atom is 0.337 e. The fraction of sp³-hybridized carbons (Fsp3) is 0.294. The quantitative estimate of drug-likeness (QED) is 0.404. The Morgan fingerprint density at radius 3 is 2.65 bits per heavy atom. The third kappa shape index (κ3) is 6.23. The van der Waals surface area contributed by atoms with Crippen molar-refractivity contribution in [3.8, 4) is 0 Å². The summed E-state index contributed by atoms with van der Waals surface area (Å²) < 4.78 is 4.62. The molecule has 1 aromatic carbocycles. The second-order valence-corrected chi connectivity index (χ2v) is 7.32. The van der Waals surface area contributed by atoms with Gasteiger partial charge in [-0.2, -0.15) is 11.8 Å². The zero-order valence-corrected chi connectivity index (χ0v) is 16.0. The van der Waals surface area contributed by atoms with Crippen LogP contribution in [0.25, 0.3) is 0 Å². The lowest BCUT2D eigenvalue weighted by atomic mass is 10.2. The second kappa shape index (κ2) is 10.0. The van der Waals surface area contributed by atoms with Gasteiger partial charge in [-0.25, -0.2) is 9.78 Å². The van der Waals surface area contributed by atoms with Crippen LogP contribution in [0, 0.1) is 0 Å². The molecule has 0 aliphatic heterocycles. The lowest BCUT2D eigenvalue weighted by Crippen LogP contribution is -2.16. The number of aromatic nitrogens is 2. The highest BCUT2D eigenvalue weighted by molar-refractivity contribution is 7.99. The highest BCUT2D eigenvalue weighted by atomic mass is 32.2. The first-order chi connectivity index (χ1) is 12.5. The molecule has 0 saturated heterocycles. The summed E-state index contributed by atoms with van der Waals surface area (Å²) in [5.41, 5.74) is 1.44. The minimum absolute atomic E-state index is 0.103. The van der Waals surface area contributed by atoms with Crippen LogP contribution in [0.4, 0.5) is 5.69 Å². The number of amides is 1. The molecule has 0 aliphatic rings. The summed E-state index contributed by atoms with van der Waals surface area (Å²) in [6, 6.07) is 7.86. The summed E-state index contributed by atoms with van der Waals surface area (Å²) >= 11 is 2.83. The van der Waals surface area contributed by atoms with E-state index in [0.29, 0.717) is 27.9 Å². The summed E-state index contributed by atoms with van der Waals surface area (Å²) in [5.74, 6) is 1.03. The fourth-order valence-electron chi connectivity index (χ4n) is 1.97. The number of nitrogens with zero attached hydrogens (tertiary/aromatic N) is 1. The van der Waals surface area contributed by atoms with Crippen LogP contribution in [0.2, 0.25) is 0 Å². The molecule has 0 saturated carbocycles. The number of carbonyl (C=O) groups excluding carboxylic acids is 2. The molecule has 1 heterocycles. The summed E-state index contributed by atoms with van der Waals surface area (Å²) in [7, 11) is 1.31. The van der Waals surface area contributed by atoms with Crippen molar-refractivity contribution in [1.82, 2.24) is 9.97 Å². The molecule has 7 nitrogen and oxygen atoms in total. The molecule has 1 aromatic heterocycles. The van der Waals surface area contributed by atoms with E-state index >= 15 is 0 Å². The van der Waals surface area contributed by atoms with Crippen molar-refractivity contribution in [1.29, 1.82) is 0 Å². The van der Waals surface area contributed by atoms with Gasteiger partial charge < -0.3 is 15.0 Å². The van der Waals surface area contributed by atoms with Crippen LogP contribution in [-0.2, 0) is 15.3 Å². The number of aromatic amines is 1. The van der Waals surface area contributed by atoms with E-state index in [1.807, 2.05) is 6.92 Å². The number of esters is 1. The molecule has 0 atom stereocenters. The smallest absolute Gasteiger partial charge is 0.337 e. The SMILES string of the molecule is CCSCc1cc(=O)[nH]c(SCC(=O)Nc2ccc(C(=O)OC)cc2)n1. The standard InChI is InChI=1S/C17H19N3O4S2/c1-3-25-9-13-8-14(21)20-17(19-13)26-10-15(22)18-12-6-4-11(5-7-12)16(23)24-2/h4-8H,3,9-10H2,1-2H3,(H,18,22)(H,19,20,21). The van der Waals surface area contributed by atoms with E-state index in [1.165, 1.54) is 13.2 Å². The van der Waals surface area contributed by atoms with Gasteiger partial charge in [0.2, 0.25) is 5.91 Å². The first kappa shape index (κ1) is 20.1. The topological polar surface area (TPSA) is 101 Å². The molecule has 0 spiro atoms. The predicted molar refractivity (Wildman–Crippen MR) is 104 cm³/mol. The average molecular weight is 393 g/mol. The third-order valence-corrected chi connectivity index (χ3v) is 4.94. The Kier molecular flexibility index (Phi) is 7.73. The van der Waals surface area contributed by atoms with Crippen molar-refractivity contribution in [2.75, 3.05) is 23.9 Å². The number of methoxy groups -OCH3 is 1. The monoisotopic (exact) mass is 393 g/mol. The van der Waals surface area contributed by atoms with E-state index in [-0.39, 0.29) is 17.2 Å². The maximum absolute atomic E-state index is 12.1. The van der Waals surface area contributed by atoms with Gasteiger partial charge in [0.05, 0.1) is 24.1 Å². The van der Waals surface area contributed by atoms with Crippen molar-refractivity contribution in [2.45, 2.75) is 17.8 Å². The largest absolute Gasteiger partial charge is 0.465 e. The number of thioether (sulfide) groups is 2. The van der Waals surface area contributed by atoms with Gasteiger partial charge in [0.1, 0.15) is 0 Å². The third-order valence-electron chi connectivity index (χ3n) is 3.16. The molecule has 0 unspecified atom stereocenters. The number of benzene rings is 1. The Hall–Kier alpha value is -2.26. The molecular weight excluding hydrogens is 374 g/mol. The molecule has 0 radical (unpaired) electrons. The number of hydrogen-bond donors (Lipinski definition) is 2. The van der Waals surface area contributed by atoms with Gasteiger partial charge in [-0.3, -0.25) is 9.59 Å². The van der Waals surface area contributed by atoms with E-state index in [4.69, 9.17) is 0 Å². The molecule has 2 rings (SSSR count). The number of H-pyrrole nitrogens is 1. The van der Waals surface area contributed by atoms with Crippen molar-refractivity contribution in [2.24, 2.45) is 0 Å². The van der Waals surface area contributed by atoms with Crippen LogP contribution in [-0.4, -0.2) is 40.5 Å². The lowest BCUT2D eigenvalue weighted by molar-refractivity contribution is -0.113. The zero-order chi connectivity index (χ0) is 18.9. The van der Waals surface area contributed by atoms with Crippen LogP contribution in [0.3, 0.4) is 0 Å². The molecular formula is C17H19N3O4S2. The molecule has 0 fully saturated rings. The Morgan fingerprint density at radius 2 is 2.00 bits per heavy atom. The van der Waals surface area contributed by atoms with E-state index in [9.17, 15) is 14.4 Å². The van der Waals surface area contributed by atoms with Crippen molar-refractivity contribution in [3.63, 3.8) is 0 Å². The van der Waals surface area contributed by atoms with E-state index < -0.39 is 5.97 Å². The maximum atomic E-state index is 12.1. The van der Waals surface area contributed by atoms with Gasteiger partial charge in [0.25, 0.3) is 5.56 Å². The average Bonchev–Trinajstić information content (AvgIpc) is 2.64. The normalized spacial score (nSPS) is 10.4. The summed E-state index contributed by atoms with van der Waals surface area (Å²) in [6.45, 7) is 2.04. The molecule has 0 bridgehead atoms. The molecule has 0 aliphatic carbocycles. The highest BCUT2D eigenvalue weighted by Gasteiger charge is 2.09. The van der Waals surface area contributed by atoms with Gasteiger partial charge in [-0.15, -0.1) is 0 Å². The van der Waals surface area contributed by atoms with Gasteiger partial charge in [0.15, 0.2) is 5.16 Å². The number of rotatable bonds is 8. The van der Waals surface area contributed by atoms with Crippen LogP contribution < -0.4 is 10.9 Å². The van der Waals surface area contributed by atoms with Crippen molar-refractivity contribution >= 4 is 41.1 Å². The lowest BCUT2D eigenvalue weighted by Gasteiger charge is -2.06. The van der Waals surface area contributed by atoms with Gasteiger partial charge in [-0.05, 0) is 30.0 Å². The Morgan fingerprint density at radius 1 is 1.27 bits per heavy atom.